The van der Waals surface area contributed by atoms with Crippen LogP contribution >= 0.6 is 0 Å². The quantitative estimate of drug-likeness (QED) is 0.517. The second kappa shape index (κ2) is 10.7. The monoisotopic (exact) mass is 502 g/mol. The number of nitrogens with zero attached hydrogens (tertiary/aromatic N) is 3. The van der Waals surface area contributed by atoms with Gasteiger partial charge in [-0.05, 0) is 72.4 Å². The summed E-state index contributed by atoms with van der Waals surface area (Å²) in [7, 11) is 0. The third-order valence-electron chi connectivity index (χ3n) is 7.13. The fourth-order valence-electron chi connectivity index (χ4n) is 5.15. The van der Waals surface area contributed by atoms with E-state index < -0.39 is 0 Å². The highest BCUT2D eigenvalue weighted by molar-refractivity contribution is 5.95. The van der Waals surface area contributed by atoms with Crippen LogP contribution in [0.25, 0.3) is 10.8 Å². The first kappa shape index (κ1) is 24.9. The third-order valence-corrected chi connectivity index (χ3v) is 7.13. The maximum absolute atomic E-state index is 13.4. The topological polar surface area (TPSA) is 85.8 Å². The van der Waals surface area contributed by atoms with E-state index in [1.807, 2.05) is 19.1 Å². The number of pyridine rings is 1. The number of rotatable bonds is 5. The van der Waals surface area contributed by atoms with Crippen LogP contribution in [0.1, 0.15) is 40.9 Å². The van der Waals surface area contributed by atoms with Crippen LogP contribution < -0.4 is 5.32 Å². The van der Waals surface area contributed by atoms with Gasteiger partial charge in [-0.3, -0.25) is 14.5 Å². The highest BCUT2D eigenvalue weighted by Gasteiger charge is 2.26. The summed E-state index contributed by atoms with van der Waals surface area (Å²) in [6, 6.07) is 12.5. The number of aromatic nitrogens is 1. The van der Waals surface area contributed by atoms with E-state index in [2.05, 4.69) is 21.3 Å². The number of fused-ring (bicyclic) bond motifs is 1. The molecule has 2 fully saturated rings. The van der Waals surface area contributed by atoms with E-state index in [1.54, 1.807) is 29.3 Å². The molecule has 5 rings (SSSR count). The molecule has 2 saturated heterocycles. The summed E-state index contributed by atoms with van der Waals surface area (Å²) in [5, 5.41) is 15.1. The van der Waals surface area contributed by atoms with Gasteiger partial charge >= 0.3 is 0 Å². The molecule has 3 aromatic rings. The molecule has 3 heterocycles. The minimum atomic E-state index is -0.286. The molecule has 0 bridgehead atoms. The molecule has 1 aromatic heterocycles. The summed E-state index contributed by atoms with van der Waals surface area (Å²) < 4.78 is 13.4. The molecule has 1 unspecified atom stereocenters. The van der Waals surface area contributed by atoms with Gasteiger partial charge in [0.25, 0.3) is 5.91 Å². The molecule has 8 heteroatoms. The highest BCUT2D eigenvalue weighted by atomic mass is 19.1. The van der Waals surface area contributed by atoms with Crippen molar-refractivity contribution in [3.05, 3.63) is 82.9 Å². The third kappa shape index (κ3) is 5.97. The molecular formula is C29H31FN4O3. The molecular weight excluding hydrogens is 471 g/mol. The number of amides is 2. The van der Waals surface area contributed by atoms with Crippen LogP contribution in [-0.2, 0) is 11.3 Å². The standard InChI is InChI=1S/C29H31FN4O3/c1-19-12-26(35)28(31-16-19)29(37)34-10-6-20(7-11-34)14-27(36)32-25-8-9-33(18-25)17-21-2-3-23-15-24(30)5-4-22(23)13-21/h2-5,12-16,25,35H,6-11,17-18H2,1H3,(H,32,36). The van der Waals surface area contributed by atoms with E-state index in [0.717, 1.165) is 48.0 Å². The van der Waals surface area contributed by atoms with E-state index >= 15 is 0 Å². The van der Waals surface area contributed by atoms with E-state index in [0.29, 0.717) is 25.9 Å². The summed E-state index contributed by atoms with van der Waals surface area (Å²) in [5.41, 5.74) is 3.05. The Balaban J connectivity index is 1.10. The zero-order valence-electron chi connectivity index (χ0n) is 20.9. The number of aromatic hydroxyl groups is 1. The Morgan fingerprint density at radius 3 is 2.65 bits per heavy atom. The molecule has 2 N–H and O–H groups in total. The molecule has 0 saturated carbocycles. The first-order valence-corrected chi connectivity index (χ1v) is 12.7. The Morgan fingerprint density at radius 2 is 1.86 bits per heavy atom. The number of halogens is 1. The van der Waals surface area contributed by atoms with E-state index in [1.165, 1.54) is 17.7 Å². The van der Waals surface area contributed by atoms with Crippen LogP contribution in [0.5, 0.6) is 5.75 Å². The van der Waals surface area contributed by atoms with Crippen molar-refractivity contribution in [3.8, 4) is 5.75 Å². The molecule has 2 aromatic carbocycles. The average Bonchev–Trinajstić information content (AvgIpc) is 3.30. The Bertz CT molecular complexity index is 1360. The molecule has 1 atom stereocenters. The van der Waals surface area contributed by atoms with Crippen molar-refractivity contribution in [3.63, 3.8) is 0 Å². The average molecular weight is 503 g/mol. The Hall–Kier alpha value is -3.78. The van der Waals surface area contributed by atoms with Crippen LogP contribution in [0, 0.1) is 12.7 Å². The minimum Gasteiger partial charge on any atom is -0.505 e. The number of benzene rings is 2. The SMILES string of the molecule is Cc1cnc(C(=O)N2CCC(=CC(=O)NC3CCN(Cc4ccc5cc(F)ccc5c4)C3)CC2)c(O)c1. The zero-order chi connectivity index (χ0) is 25.9. The van der Waals surface area contributed by atoms with Gasteiger partial charge in [-0.1, -0.05) is 23.8 Å². The summed E-state index contributed by atoms with van der Waals surface area (Å²) in [6.45, 7) is 5.26. The number of nitrogens with one attached hydrogen (secondary N) is 1. The predicted octanol–water partition coefficient (Wildman–Crippen LogP) is 3.94. The molecule has 0 radical (unpaired) electrons. The zero-order valence-corrected chi connectivity index (χ0v) is 20.9. The lowest BCUT2D eigenvalue weighted by Crippen LogP contribution is -2.38. The maximum atomic E-state index is 13.4. The molecule has 0 spiro atoms. The van der Waals surface area contributed by atoms with Crippen molar-refractivity contribution in [2.75, 3.05) is 26.2 Å². The number of hydrogen-bond acceptors (Lipinski definition) is 5. The summed E-state index contributed by atoms with van der Waals surface area (Å²) in [6.07, 6.45) is 5.38. The van der Waals surface area contributed by atoms with Gasteiger partial charge in [-0.2, -0.15) is 0 Å². The van der Waals surface area contributed by atoms with E-state index in [-0.39, 0.29) is 35.1 Å². The Morgan fingerprint density at radius 1 is 1.11 bits per heavy atom. The second-order valence-electron chi connectivity index (χ2n) is 10.0. The first-order valence-electron chi connectivity index (χ1n) is 12.7. The van der Waals surface area contributed by atoms with Crippen LogP contribution in [0.2, 0.25) is 0 Å². The maximum Gasteiger partial charge on any atom is 0.276 e. The number of hydrogen-bond donors (Lipinski definition) is 2. The molecule has 2 aliphatic rings. The van der Waals surface area contributed by atoms with Crippen molar-refractivity contribution in [1.29, 1.82) is 0 Å². The van der Waals surface area contributed by atoms with Crippen molar-refractivity contribution in [1.82, 2.24) is 20.1 Å². The molecule has 7 nitrogen and oxygen atoms in total. The van der Waals surface area contributed by atoms with E-state index in [9.17, 15) is 19.1 Å². The molecule has 192 valence electrons. The minimum absolute atomic E-state index is 0.0687. The van der Waals surface area contributed by atoms with Gasteiger partial charge in [-0.25, -0.2) is 9.37 Å². The Labute approximate surface area is 215 Å². The number of likely N-dealkylation sites (tertiary alicyclic amines) is 2. The summed E-state index contributed by atoms with van der Waals surface area (Å²) in [5.74, 6) is -0.711. The normalized spacial score (nSPS) is 18.3. The summed E-state index contributed by atoms with van der Waals surface area (Å²) in [4.78, 5) is 33.5. The second-order valence-corrected chi connectivity index (χ2v) is 10.0. The lowest BCUT2D eigenvalue weighted by Gasteiger charge is -2.28. The predicted molar refractivity (Wildman–Crippen MR) is 140 cm³/mol. The van der Waals surface area contributed by atoms with Gasteiger partial charge in [0.05, 0.1) is 0 Å². The fourth-order valence-corrected chi connectivity index (χ4v) is 5.15. The smallest absolute Gasteiger partial charge is 0.276 e. The van der Waals surface area contributed by atoms with Crippen LogP contribution in [0.15, 0.2) is 60.3 Å². The van der Waals surface area contributed by atoms with Crippen molar-refractivity contribution in [2.45, 2.75) is 38.8 Å². The fraction of sp³-hybridized carbons (Fsp3) is 0.345. The van der Waals surface area contributed by atoms with Crippen molar-refractivity contribution in [2.24, 2.45) is 0 Å². The number of carbonyl (C=O) groups excluding carboxylic acids is 2. The van der Waals surface area contributed by atoms with Gasteiger partial charge in [0, 0.05) is 51.0 Å². The Kier molecular flexibility index (Phi) is 7.19. The van der Waals surface area contributed by atoms with Crippen LogP contribution in [0.4, 0.5) is 4.39 Å². The summed E-state index contributed by atoms with van der Waals surface area (Å²) >= 11 is 0. The van der Waals surface area contributed by atoms with Gasteiger partial charge < -0.3 is 15.3 Å². The van der Waals surface area contributed by atoms with Crippen LogP contribution in [-0.4, -0.2) is 63.9 Å². The first-order chi connectivity index (χ1) is 17.8. The van der Waals surface area contributed by atoms with Gasteiger partial charge in [-0.15, -0.1) is 0 Å². The van der Waals surface area contributed by atoms with Crippen LogP contribution in [0.3, 0.4) is 0 Å². The number of aryl methyl sites for hydroxylation is 1. The number of piperidine rings is 1. The van der Waals surface area contributed by atoms with Gasteiger partial charge in [0.15, 0.2) is 5.69 Å². The molecule has 2 aliphatic heterocycles. The largest absolute Gasteiger partial charge is 0.505 e. The lowest BCUT2D eigenvalue weighted by atomic mass is 10.0. The molecule has 37 heavy (non-hydrogen) atoms. The number of carbonyl (C=O) groups is 2. The van der Waals surface area contributed by atoms with Gasteiger partial charge in [0.1, 0.15) is 11.6 Å². The van der Waals surface area contributed by atoms with Crippen molar-refractivity contribution >= 4 is 22.6 Å². The molecule has 0 aliphatic carbocycles. The highest BCUT2D eigenvalue weighted by Crippen LogP contribution is 2.23. The van der Waals surface area contributed by atoms with Gasteiger partial charge in [0.2, 0.25) is 5.91 Å². The lowest BCUT2D eigenvalue weighted by molar-refractivity contribution is -0.117. The van der Waals surface area contributed by atoms with E-state index in [4.69, 9.17) is 0 Å². The molecule has 2 amide bonds. The van der Waals surface area contributed by atoms with Crippen molar-refractivity contribution < 1.29 is 19.1 Å².